The zero-order valence-electron chi connectivity index (χ0n) is 10.6. The molecule has 0 atom stereocenters. The Morgan fingerprint density at radius 1 is 1.32 bits per heavy atom. The predicted octanol–water partition coefficient (Wildman–Crippen LogP) is 1.30. The molecule has 0 fully saturated rings. The van der Waals surface area contributed by atoms with Crippen LogP contribution in [-0.4, -0.2) is 32.2 Å². The molecule has 0 aliphatic carbocycles. The number of carboxylic acid groups (broad SMARTS) is 1. The molecule has 1 aliphatic heterocycles. The molecule has 0 aromatic carbocycles. The normalized spacial score (nSPS) is 14.3. The van der Waals surface area contributed by atoms with E-state index >= 15 is 0 Å². The molecule has 19 heavy (non-hydrogen) atoms. The lowest BCUT2D eigenvalue weighted by Crippen LogP contribution is -2.35. The molecule has 0 radical (unpaired) electrons. The summed E-state index contributed by atoms with van der Waals surface area (Å²) in [4.78, 5) is 21.9. The topological polar surface area (TPSA) is 71.2 Å². The van der Waals surface area contributed by atoms with Crippen molar-refractivity contribution in [3.05, 3.63) is 41.6 Å². The van der Waals surface area contributed by atoms with E-state index in [1.54, 1.807) is 25.4 Å². The Morgan fingerprint density at radius 3 is 2.95 bits per heavy atom. The number of carbonyl (C=O) groups is 1. The van der Waals surface area contributed by atoms with Gasteiger partial charge >= 0.3 is 5.97 Å². The lowest BCUT2D eigenvalue weighted by atomic mass is 10.1. The number of aromatic carboxylic acids is 1. The largest absolute Gasteiger partial charge is 0.478 e. The van der Waals surface area contributed by atoms with Crippen LogP contribution in [0.15, 0.2) is 24.7 Å². The molecule has 6 heteroatoms. The van der Waals surface area contributed by atoms with Gasteiger partial charge in [0.2, 0.25) is 0 Å². The first-order chi connectivity index (χ1) is 9.16. The average Bonchev–Trinajstić information content (AvgIpc) is 2.85. The Bertz CT molecular complexity index is 635. The molecule has 1 aliphatic rings. The number of aromatic nitrogens is 3. The second-order valence-electron chi connectivity index (χ2n) is 4.59. The summed E-state index contributed by atoms with van der Waals surface area (Å²) in [5, 5.41) is 9.34. The molecule has 2 aromatic heterocycles. The summed E-state index contributed by atoms with van der Waals surface area (Å²) in [6.07, 6.45) is 5.35. The van der Waals surface area contributed by atoms with Gasteiger partial charge in [-0.3, -0.25) is 0 Å². The SMILES string of the molecule is Cc1ccnc(N2CCn3ccnc3C2)c1C(=O)O. The summed E-state index contributed by atoms with van der Waals surface area (Å²) < 4.78 is 2.08. The number of imidazole rings is 1. The van der Waals surface area contributed by atoms with E-state index in [1.807, 2.05) is 11.1 Å². The van der Waals surface area contributed by atoms with Crippen molar-refractivity contribution in [2.75, 3.05) is 11.4 Å². The van der Waals surface area contributed by atoms with Gasteiger partial charge in [-0.05, 0) is 18.6 Å². The number of rotatable bonds is 2. The smallest absolute Gasteiger partial charge is 0.339 e. The summed E-state index contributed by atoms with van der Waals surface area (Å²) in [7, 11) is 0. The summed E-state index contributed by atoms with van der Waals surface area (Å²) in [6.45, 7) is 3.91. The Morgan fingerprint density at radius 2 is 2.16 bits per heavy atom. The molecule has 3 heterocycles. The quantitative estimate of drug-likeness (QED) is 0.879. The highest BCUT2D eigenvalue weighted by atomic mass is 16.4. The fraction of sp³-hybridized carbons (Fsp3) is 0.308. The highest BCUT2D eigenvalue weighted by molar-refractivity contribution is 5.94. The van der Waals surface area contributed by atoms with Crippen LogP contribution >= 0.6 is 0 Å². The number of pyridine rings is 1. The zero-order valence-corrected chi connectivity index (χ0v) is 10.6. The Hall–Kier alpha value is -2.37. The van der Waals surface area contributed by atoms with Crippen LogP contribution in [0.1, 0.15) is 21.7 Å². The molecular weight excluding hydrogens is 244 g/mol. The third-order valence-corrected chi connectivity index (χ3v) is 3.40. The van der Waals surface area contributed by atoms with Crippen LogP contribution in [0, 0.1) is 6.92 Å². The molecule has 0 unspecified atom stereocenters. The molecule has 0 amide bonds. The maximum atomic E-state index is 11.4. The minimum absolute atomic E-state index is 0.280. The van der Waals surface area contributed by atoms with Crippen molar-refractivity contribution in [1.29, 1.82) is 0 Å². The number of fused-ring (bicyclic) bond motifs is 1. The van der Waals surface area contributed by atoms with E-state index in [2.05, 4.69) is 14.5 Å². The molecule has 98 valence electrons. The predicted molar refractivity (Wildman–Crippen MR) is 69.2 cm³/mol. The maximum Gasteiger partial charge on any atom is 0.339 e. The summed E-state index contributed by atoms with van der Waals surface area (Å²) >= 11 is 0. The number of hydrogen-bond donors (Lipinski definition) is 1. The molecule has 2 aromatic rings. The van der Waals surface area contributed by atoms with Crippen LogP contribution in [0.4, 0.5) is 5.82 Å². The van der Waals surface area contributed by atoms with E-state index in [0.29, 0.717) is 12.4 Å². The monoisotopic (exact) mass is 258 g/mol. The Balaban J connectivity index is 2.00. The second-order valence-corrected chi connectivity index (χ2v) is 4.59. The van der Waals surface area contributed by atoms with Gasteiger partial charge in [0, 0.05) is 31.7 Å². The lowest BCUT2D eigenvalue weighted by molar-refractivity contribution is 0.0696. The van der Waals surface area contributed by atoms with E-state index < -0.39 is 5.97 Å². The molecule has 3 rings (SSSR count). The van der Waals surface area contributed by atoms with Gasteiger partial charge in [-0.15, -0.1) is 0 Å². The summed E-state index contributed by atoms with van der Waals surface area (Å²) in [6, 6.07) is 1.72. The van der Waals surface area contributed by atoms with Gasteiger partial charge in [0.15, 0.2) is 0 Å². The number of carboxylic acids is 1. The van der Waals surface area contributed by atoms with Crippen LogP contribution in [-0.2, 0) is 13.1 Å². The van der Waals surface area contributed by atoms with Crippen molar-refractivity contribution >= 4 is 11.8 Å². The number of hydrogen-bond acceptors (Lipinski definition) is 4. The van der Waals surface area contributed by atoms with Crippen molar-refractivity contribution in [2.45, 2.75) is 20.0 Å². The van der Waals surface area contributed by atoms with E-state index in [0.717, 1.165) is 24.5 Å². The number of aryl methyl sites for hydroxylation is 1. The highest BCUT2D eigenvalue weighted by Gasteiger charge is 2.23. The van der Waals surface area contributed by atoms with E-state index in [-0.39, 0.29) is 5.56 Å². The molecular formula is C13H14N4O2. The molecule has 0 saturated heterocycles. The van der Waals surface area contributed by atoms with E-state index in [1.165, 1.54) is 0 Å². The molecule has 0 bridgehead atoms. The van der Waals surface area contributed by atoms with Crippen LogP contribution in [0.2, 0.25) is 0 Å². The van der Waals surface area contributed by atoms with Crippen LogP contribution in [0.25, 0.3) is 0 Å². The number of anilines is 1. The fourth-order valence-corrected chi connectivity index (χ4v) is 2.40. The first-order valence-corrected chi connectivity index (χ1v) is 6.10. The van der Waals surface area contributed by atoms with Gasteiger partial charge in [0.05, 0.1) is 6.54 Å². The van der Waals surface area contributed by atoms with Crippen LogP contribution in [0.5, 0.6) is 0 Å². The zero-order chi connectivity index (χ0) is 13.4. The van der Waals surface area contributed by atoms with Gasteiger partial charge in [0.25, 0.3) is 0 Å². The highest BCUT2D eigenvalue weighted by Crippen LogP contribution is 2.24. The summed E-state index contributed by atoms with van der Waals surface area (Å²) in [5.74, 6) is 0.530. The first kappa shape index (κ1) is 11.7. The van der Waals surface area contributed by atoms with Crippen molar-refractivity contribution in [2.24, 2.45) is 0 Å². The maximum absolute atomic E-state index is 11.4. The average molecular weight is 258 g/mol. The fourth-order valence-electron chi connectivity index (χ4n) is 2.40. The van der Waals surface area contributed by atoms with Crippen molar-refractivity contribution in [3.8, 4) is 0 Å². The van der Waals surface area contributed by atoms with Crippen molar-refractivity contribution in [3.63, 3.8) is 0 Å². The standard InChI is InChI=1S/C13H14N4O2/c1-9-2-3-15-12(11(9)13(18)19)17-7-6-16-5-4-14-10(16)8-17/h2-5H,6-8H2,1H3,(H,18,19). The van der Waals surface area contributed by atoms with Crippen LogP contribution < -0.4 is 4.90 Å². The van der Waals surface area contributed by atoms with Crippen molar-refractivity contribution < 1.29 is 9.90 Å². The first-order valence-electron chi connectivity index (χ1n) is 6.10. The Labute approximate surface area is 110 Å². The third kappa shape index (κ3) is 1.95. The van der Waals surface area contributed by atoms with Gasteiger partial charge in [0.1, 0.15) is 17.2 Å². The second kappa shape index (κ2) is 4.38. The molecule has 0 spiro atoms. The van der Waals surface area contributed by atoms with E-state index in [9.17, 15) is 9.90 Å². The van der Waals surface area contributed by atoms with Gasteiger partial charge < -0.3 is 14.6 Å². The van der Waals surface area contributed by atoms with Crippen LogP contribution in [0.3, 0.4) is 0 Å². The molecule has 1 N–H and O–H groups in total. The minimum Gasteiger partial charge on any atom is -0.478 e. The third-order valence-electron chi connectivity index (χ3n) is 3.40. The van der Waals surface area contributed by atoms with Gasteiger partial charge in [-0.25, -0.2) is 14.8 Å². The van der Waals surface area contributed by atoms with Crippen molar-refractivity contribution in [1.82, 2.24) is 14.5 Å². The Kier molecular flexibility index (Phi) is 2.70. The lowest BCUT2D eigenvalue weighted by Gasteiger charge is -2.29. The molecule has 6 nitrogen and oxygen atoms in total. The summed E-state index contributed by atoms with van der Waals surface area (Å²) in [5.41, 5.74) is 1.01. The minimum atomic E-state index is -0.936. The van der Waals surface area contributed by atoms with E-state index in [4.69, 9.17) is 0 Å². The van der Waals surface area contributed by atoms with Gasteiger partial charge in [-0.2, -0.15) is 0 Å². The number of nitrogens with zero attached hydrogens (tertiary/aromatic N) is 4. The molecule has 0 saturated carbocycles. The van der Waals surface area contributed by atoms with Gasteiger partial charge in [-0.1, -0.05) is 0 Å².